The van der Waals surface area contributed by atoms with Crippen molar-refractivity contribution in [2.75, 3.05) is 13.1 Å². The Morgan fingerprint density at radius 3 is 2.30 bits per heavy atom. The van der Waals surface area contributed by atoms with Gasteiger partial charge in [0.05, 0.1) is 0 Å². The number of rotatable bonds is 9. The molecule has 2 rings (SSSR count). The molecular weight excluding hydrogens is 244 g/mol. The van der Waals surface area contributed by atoms with Crippen molar-refractivity contribution >= 4 is 0 Å². The number of aryl methyl sites for hydroxylation is 2. The van der Waals surface area contributed by atoms with Crippen LogP contribution in [0.4, 0.5) is 0 Å². The molecule has 0 saturated carbocycles. The van der Waals surface area contributed by atoms with E-state index >= 15 is 0 Å². The number of hydrogen-bond acceptors (Lipinski definition) is 2. The summed E-state index contributed by atoms with van der Waals surface area (Å²) in [6.07, 6.45) is 9.79. The minimum atomic E-state index is 1.10. The van der Waals surface area contributed by atoms with Crippen LogP contribution in [0.3, 0.4) is 0 Å². The largest absolute Gasteiger partial charge is 0.317 e. The third kappa shape index (κ3) is 5.98. The maximum Gasteiger partial charge on any atom is 0.0299 e. The van der Waals surface area contributed by atoms with Gasteiger partial charge in [-0.3, -0.25) is 4.98 Å². The molecule has 2 nitrogen and oxygen atoms in total. The maximum atomic E-state index is 4.13. The van der Waals surface area contributed by atoms with Gasteiger partial charge in [-0.1, -0.05) is 36.4 Å². The fourth-order valence-electron chi connectivity index (χ4n) is 2.31. The molecule has 0 aliphatic carbocycles. The zero-order valence-corrected chi connectivity index (χ0v) is 12.1. The Balaban J connectivity index is 1.44. The lowest BCUT2D eigenvalue weighted by atomic mass is 10.1. The molecule has 0 saturated heterocycles. The van der Waals surface area contributed by atoms with Crippen LogP contribution in [0.25, 0.3) is 0 Å². The van der Waals surface area contributed by atoms with E-state index in [4.69, 9.17) is 0 Å². The van der Waals surface area contributed by atoms with Crippen LogP contribution in [-0.2, 0) is 12.8 Å². The van der Waals surface area contributed by atoms with E-state index < -0.39 is 0 Å². The highest BCUT2D eigenvalue weighted by Crippen LogP contribution is 2.04. The molecule has 0 amide bonds. The van der Waals surface area contributed by atoms with E-state index in [1.807, 2.05) is 18.5 Å². The number of nitrogens with zero attached hydrogens (tertiary/aromatic N) is 1. The summed E-state index contributed by atoms with van der Waals surface area (Å²) < 4.78 is 0. The Bertz CT molecular complexity index is 408. The molecule has 0 fully saturated rings. The smallest absolute Gasteiger partial charge is 0.0299 e. The van der Waals surface area contributed by atoms with Gasteiger partial charge in [-0.05, 0) is 62.4 Å². The highest BCUT2D eigenvalue weighted by molar-refractivity contribution is 5.14. The van der Waals surface area contributed by atoms with Crippen molar-refractivity contribution in [2.24, 2.45) is 0 Å². The van der Waals surface area contributed by atoms with E-state index in [9.17, 15) is 0 Å². The van der Waals surface area contributed by atoms with Crippen molar-refractivity contribution in [1.29, 1.82) is 0 Å². The van der Waals surface area contributed by atoms with Crippen molar-refractivity contribution in [3.63, 3.8) is 0 Å². The highest BCUT2D eigenvalue weighted by Gasteiger charge is 1.94. The van der Waals surface area contributed by atoms with Crippen molar-refractivity contribution in [2.45, 2.75) is 32.1 Å². The number of benzene rings is 1. The van der Waals surface area contributed by atoms with E-state index in [2.05, 4.69) is 46.7 Å². The Hall–Kier alpha value is -1.67. The topological polar surface area (TPSA) is 24.9 Å². The van der Waals surface area contributed by atoms with Gasteiger partial charge < -0.3 is 5.32 Å². The third-order valence-electron chi connectivity index (χ3n) is 3.45. The molecule has 2 aromatic rings. The van der Waals surface area contributed by atoms with Gasteiger partial charge in [0.15, 0.2) is 0 Å². The molecule has 1 N–H and O–H groups in total. The molecule has 0 spiro atoms. The van der Waals surface area contributed by atoms with Crippen LogP contribution in [0, 0.1) is 0 Å². The molecule has 1 heterocycles. The second kappa shape index (κ2) is 9.27. The zero-order valence-electron chi connectivity index (χ0n) is 12.1. The Labute approximate surface area is 122 Å². The molecule has 0 aliphatic heterocycles. The average Bonchev–Trinajstić information content (AvgIpc) is 2.52. The molecule has 0 unspecified atom stereocenters. The van der Waals surface area contributed by atoms with E-state index in [0.717, 1.165) is 19.5 Å². The van der Waals surface area contributed by atoms with Crippen LogP contribution in [0.15, 0.2) is 54.9 Å². The standard InChI is InChI=1S/C18H24N2/c1-2-8-17(9-3-1)10-4-5-13-19-14-6-11-18-12-7-15-20-16-18/h1-3,7-9,12,15-16,19H,4-6,10-11,13-14H2. The van der Waals surface area contributed by atoms with Gasteiger partial charge in [-0.25, -0.2) is 0 Å². The normalized spacial score (nSPS) is 10.6. The predicted octanol–water partition coefficient (Wildman–Crippen LogP) is 3.63. The van der Waals surface area contributed by atoms with Crippen LogP contribution < -0.4 is 5.32 Å². The molecule has 0 aliphatic rings. The minimum absolute atomic E-state index is 1.10. The van der Waals surface area contributed by atoms with Crippen LogP contribution in [0.1, 0.15) is 30.4 Å². The molecule has 0 radical (unpaired) electrons. The van der Waals surface area contributed by atoms with Gasteiger partial charge in [-0.2, -0.15) is 0 Å². The van der Waals surface area contributed by atoms with Crippen molar-refractivity contribution in [3.8, 4) is 0 Å². The van der Waals surface area contributed by atoms with Gasteiger partial charge in [0, 0.05) is 12.4 Å². The first-order chi connectivity index (χ1) is 9.95. The molecule has 20 heavy (non-hydrogen) atoms. The second-order valence-corrected chi connectivity index (χ2v) is 5.16. The van der Waals surface area contributed by atoms with Gasteiger partial charge >= 0.3 is 0 Å². The highest BCUT2D eigenvalue weighted by atomic mass is 14.8. The van der Waals surface area contributed by atoms with Gasteiger partial charge in [0.2, 0.25) is 0 Å². The summed E-state index contributed by atoms with van der Waals surface area (Å²) >= 11 is 0. The maximum absolute atomic E-state index is 4.13. The summed E-state index contributed by atoms with van der Waals surface area (Å²) in [5.74, 6) is 0. The van der Waals surface area contributed by atoms with Gasteiger partial charge in [0.25, 0.3) is 0 Å². The SMILES string of the molecule is c1ccc(CCCCNCCCc2cccnc2)cc1. The monoisotopic (exact) mass is 268 g/mol. The fraction of sp³-hybridized carbons (Fsp3) is 0.389. The summed E-state index contributed by atoms with van der Waals surface area (Å²) in [6.45, 7) is 2.22. The second-order valence-electron chi connectivity index (χ2n) is 5.16. The number of nitrogens with one attached hydrogen (secondary N) is 1. The molecule has 2 heteroatoms. The molecule has 0 bridgehead atoms. The minimum Gasteiger partial charge on any atom is -0.317 e. The number of hydrogen-bond donors (Lipinski definition) is 1. The molecule has 1 aromatic carbocycles. The molecular formula is C18H24N2. The van der Waals surface area contributed by atoms with Crippen molar-refractivity contribution in [3.05, 3.63) is 66.0 Å². The van der Waals surface area contributed by atoms with Crippen molar-refractivity contribution < 1.29 is 0 Å². The van der Waals surface area contributed by atoms with E-state index in [1.165, 1.54) is 36.8 Å². The molecule has 1 aromatic heterocycles. The quantitative estimate of drug-likeness (QED) is 0.703. The number of pyridine rings is 1. The summed E-state index contributed by atoms with van der Waals surface area (Å²) in [5.41, 5.74) is 2.78. The summed E-state index contributed by atoms with van der Waals surface area (Å²) in [6, 6.07) is 14.9. The molecule has 0 atom stereocenters. The van der Waals surface area contributed by atoms with Crippen LogP contribution in [-0.4, -0.2) is 18.1 Å². The summed E-state index contributed by atoms with van der Waals surface area (Å²) in [4.78, 5) is 4.13. The predicted molar refractivity (Wildman–Crippen MR) is 84.8 cm³/mol. The summed E-state index contributed by atoms with van der Waals surface area (Å²) in [5, 5.41) is 3.52. The van der Waals surface area contributed by atoms with Crippen LogP contribution in [0.2, 0.25) is 0 Å². The van der Waals surface area contributed by atoms with Gasteiger partial charge in [-0.15, -0.1) is 0 Å². The van der Waals surface area contributed by atoms with E-state index in [0.29, 0.717) is 0 Å². The fourth-order valence-corrected chi connectivity index (χ4v) is 2.31. The number of aromatic nitrogens is 1. The first kappa shape index (κ1) is 14.7. The van der Waals surface area contributed by atoms with Gasteiger partial charge in [0.1, 0.15) is 0 Å². The van der Waals surface area contributed by atoms with Crippen LogP contribution >= 0.6 is 0 Å². The average molecular weight is 268 g/mol. The Morgan fingerprint density at radius 2 is 1.50 bits per heavy atom. The van der Waals surface area contributed by atoms with E-state index in [1.54, 1.807) is 0 Å². The Morgan fingerprint density at radius 1 is 0.750 bits per heavy atom. The van der Waals surface area contributed by atoms with Crippen molar-refractivity contribution in [1.82, 2.24) is 10.3 Å². The lowest BCUT2D eigenvalue weighted by Gasteiger charge is -2.05. The van der Waals surface area contributed by atoms with Crippen LogP contribution in [0.5, 0.6) is 0 Å². The third-order valence-corrected chi connectivity index (χ3v) is 3.45. The first-order valence-corrected chi connectivity index (χ1v) is 7.59. The lowest BCUT2D eigenvalue weighted by molar-refractivity contribution is 0.603. The lowest BCUT2D eigenvalue weighted by Crippen LogP contribution is -2.17. The number of unbranched alkanes of at least 4 members (excludes halogenated alkanes) is 1. The zero-order chi connectivity index (χ0) is 13.9. The van der Waals surface area contributed by atoms with E-state index in [-0.39, 0.29) is 0 Å². The summed E-state index contributed by atoms with van der Waals surface area (Å²) in [7, 11) is 0. The first-order valence-electron chi connectivity index (χ1n) is 7.59. The molecule has 106 valence electrons. The Kier molecular flexibility index (Phi) is 6.83.